The van der Waals surface area contributed by atoms with Crippen molar-refractivity contribution in [3.05, 3.63) is 158 Å². The number of carbonyl (C=O) groups is 4. The fourth-order valence-corrected chi connectivity index (χ4v) is 6.58. The van der Waals surface area contributed by atoms with Crippen molar-refractivity contribution in [3.63, 3.8) is 0 Å². The molecule has 0 spiro atoms. The van der Waals surface area contributed by atoms with E-state index in [-0.39, 0.29) is 11.1 Å². The van der Waals surface area contributed by atoms with Crippen molar-refractivity contribution >= 4 is 56.6 Å². The van der Waals surface area contributed by atoms with Gasteiger partial charge in [-0.05, 0) is 101 Å². The van der Waals surface area contributed by atoms with Crippen molar-refractivity contribution in [2.45, 2.75) is 24.2 Å². The molecule has 0 atom stereocenters. The van der Waals surface area contributed by atoms with Gasteiger partial charge in [0.05, 0.1) is 33.8 Å². The first-order valence-electron chi connectivity index (χ1n) is 16.9. The summed E-state index contributed by atoms with van der Waals surface area (Å²) in [7, 11) is 1.85. The Kier molecular flexibility index (Phi) is 12.7. The van der Waals surface area contributed by atoms with Crippen LogP contribution >= 0.6 is 15.9 Å². The van der Waals surface area contributed by atoms with Crippen LogP contribution in [0, 0.1) is 23.3 Å². The third-order valence-electron chi connectivity index (χ3n) is 9.11. The molecule has 0 aromatic heterocycles. The van der Waals surface area contributed by atoms with E-state index in [4.69, 9.17) is 0 Å². The number of alkyl halides is 10. The fraction of sp³-hybridized carbons (Fsp3) is 0.150. The summed E-state index contributed by atoms with van der Waals surface area (Å²) in [5.74, 6) is -11.7. The number of benzene rings is 5. The van der Waals surface area contributed by atoms with E-state index >= 15 is 13.2 Å². The SMILES string of the molecule is CN(C(=O)c1ccc(F)cc1)c1cccc(C(=O)N(C(=O)c2cccc(N(C)C(=O)c3ccc(F)cc3)c2F)c2c(Br)cc(C(F)(C(F)(F)F)C(F)(F)F)cc2C(F)(F)F)c1F. The predicted molar refractivity (Wildman–Crippen MR) is 196 cm³/mol. The summed E-state index contributed by atoms with van der Waals surface area (Å²) in [5, 5.41) is 0. The Hall–Kier alpha value is -6.32. The molecule has 0 fully saturated rings. The molecule has 326 valence electrons. The van der Waals surface area contributed by atoms with Crippen LogP contribution in [-0.2, 0) is 11.8 Å². The molecular weight excluding hydrogens is 932 g/mol. The molecule has 5 aromatic carbocycles. The van der Waals surface area contributed by atoms with Gasteiger partial charge in [0.1, 0.15) is 11.6 Å². The van der Waals surface area contributed by atoms with Gasteiger partial charge >= 0.3 is 24.2 Å². The van der Waals surface area contributed by atoms with Gasteiger partial charge in [-0.3, -0.25) is 19.2 Å². The van der Waals surface area contributed by atoms with Crippen LogP contribution in [0.15, 0.2) is 102 Å². The van der Waals surface area contributed by atoms with Gasteiger partial charge < -0.3 is 9.80 Å². The van der Waals surface area contributed by atoms with Crippen LogP contribution in [0.4, 0.5) is 78.5 Å². The summed E-state index contributed by atoms with van der Waals surface area (Å²) >= 11 is 2.32. The van der Waals surface area contributed by atoms with E-state index in [1.54, 1.807) is 0 Å². The molecule has 0 heterocycles. The van der Waals surface area contributed by atoms with E-state index in [0.717, 1.165) is 86.9 Å². The first kappa shape index (κ1) is 46.7. The molecule has 4 amide bonds. The molecule has 62 heavy (non-hydrogen) atoms. The van der Waals surface area contributed by atoms with Crippen LogP contribution in [0.1, 0.15) is 52.6 Å². The van der Waals surface area contributed by atoms with Gasteiger partial charge in [-0.15, -0.1) is 0 Å². The quantitative estimate of drug-likeness (QED) is 0.115. The number of halogens is 15. The molecule has 0 saturated carbocycles. The monoisotopic (exact) mass is 953 g/mol. The second-order valence-electron chi connectivity index (χ2n) is 13.0. The third kappa shape index (κ3) is 8.59. The molecule has 5 rings (SSSR count). The summed E-state index contributed by atoms with van der Waals surface area (Å²) in [5.41, 5.74) is -19.0. The number of anilines is 3. The van der Waals surface area contributed by atoms with Gasteiger partial charge in [0.25, 0.3) is 23.6 Å². The molecule has 0 N–H and O–H groups in total. The molecule has 0 bridgehead atoms. The number of amides is 4. The van der Waals surface area contributed by atoms with Crippen LogP contribution in [-0.4, -0.2) is 50.1 Å². The van der Waals surface area contributed by atoms with Gasteiger partial charge in [0, 0.05) is 35.3 Å². The molecular formula is C40H22BrF14N3O4. The van der Waals surface area contributed by atoms with Crippen molar-refractivity contribution < 1.29 is 80.6 Å². The van der Waals surface area contributed by atoms with Gasteiger partial charge in [-0.2, -0.15) is 39.5 Å². The van der Waals surface area contributed by atoms with Crippen molar-refractivity contribution in [1.82, 2.24) is 0 Å². The summed E-state index contributed by atoms with van der Waals surface area (Å²) < 4.78 is 201. The zero-order valence-corrected chi connectivity index (χ0v) is 32.5. The molecule has 0 radical (unpaired) electrons. The highest BCUT2D eigenvalue weighted by Gasteiger charge is 2.74. The van der Waals surface area contributed by atoms with Crippen molar-refractivity contribution in [2.75, 3.05) is 28.8 Å². The van der Waals surface area contributed by atoms with E-state index in [2.05, 4.69) is 15.9 Å². The minimum atomic E-state index is -6.97. The Morgan fingerprint density at radius 3 is 1.23 bits per heavy atom. The number of carbonyl (C=O) groups excluding carboxylic acids is 4. The Morgan fingerprint density at radius 2 is 0.887 bits per heavy atom. The Morgan fingerprint density at radius 1 is 0.516 bits per heavy atom. The Balaban J connectivity index is 1.78. The first-order valence-corrected chi connectivity index (χ1v) is 17.7. The molecule has 22 heteroatoms. The van der Waals surface area contributed by atoms with Gasteiger partial charge in [0.15, 0.2) is 11.6 Å². The maximum atomic E-state index is 16.4. The first-order chi connectivity index (χ1) is 28.6. The normalized spacial score (nSPS) is 12.2. The molecule has 0 aliphatic heterocycles. The highest BCUT2D eigenvalue weighted by Crippen LogP contribution is 2.55. The molecule has 0 aliphatic carbocycles. The zero-order chi connectivity index (χ0) is 46.4. The molecule has 5 aromatic rings. The topological polar surface area (TPSA) is 78.0 Å². The number of hydrogen-bond acceptors (Lipinski definition) is 4. The van der Waals surface area contributed by atoms with E-state index < -0.39 is 132 Å². The van der Waals surface area contributed by atoms with Crippen LogP contribution < -0.4 is 14.7 Å². The van der Waals surface area contributed by atoms with Gasteiger partial charge in [0.2, 0.25) is 0 Å². The van der Waals surface area contributed by atoms with E-state index in [9.17, 15) is 67.5 Å². The van der Waals surface area contributed by atoms with Gasteiger partial charge in [-0.1, -0.05) is 12.1 Å². The van der Waals surface area contributed by atoms with Crippen LogP contribution in [0.3, 0.4) is 0 Å². The van der Waals surface area contributed by atoms with Gasteiger partial charge in [-0.25, -0.2) is 26.9 Å². The maximum Gasteiger partial charge on any atom is 0.435 e. The number of hydrogen-bond donors (Lipinski definition) is 0. The smallest absolute Gasteiger partial charge is 0.309 e. The fourth-order valence-electron chi connectivity index (χ4n) is 5.94. The Bertz CT molecular complexity index is 2440. The van der Waals surface area contributed by atoms with Crippen molar-refractivity contribution in [3.8, 4) is 0 Å². The molecule has 0 saturated heterocycles. The highest BCUT2D eigenvalue weighted by atomic mass is 79.9. The van der Waals surface area contributed by atoms with E-state index in [1.807, 2.05) is 0 Å². The summed E-state index contributed by atoms with van der Waals surface area (Å²) in [6, 6.07) is 10.2. The van der Waals surface area contributed by atoms with E-state index in [0.29, 0.717) is 21.9 Å². The highest BCUT2D eigenvalue weighted by molar-refractivity contribution is 9.10. The van der Waals surface area contributed by atoms with Crippen LogP contribution in [0.25, 0.3) is 0 Å². The third-order valence-corrected chi connectivity index (χ3v) is 9.71. The van der Waals surface area contributed by atoms with Crippen LogP contribution in [0.2, 0.25) is 0 Å². The largest absolute Gasteiger partial charge is 0.435 e. The molecule has 7 nitrogen and oxygen atoms in total. The summed E-state index contributed by atoms with van der Waals surface area (Å²) in [6.45, 7) is 0. The second kappa shape index (κ2) is 16.9. The second-order valence-corrected chi connectivity index (χ2v) is 13.8. The lowest BCUT2D eigenvalue weighted by Crippen LogP contribution is -2.50. The maximum absolute atomic E-state index is 16.4. The minimum absolute atomic E-state index is 0.263. The standard InChI is InChI=1S/C40H22BrF14N3O4/c1-56(33(59)19-9-13-22(42)14-10-19)28-7-3-5-24(30(28)44)35(61)58(32-26(38(47,48)49)17-21(18-27(32)41)37(46,39(50,51)52)40(53,54)55)36(62)25-6-4-8-29(31(25)45)57(2)34(60)20-11-15-23(43)16-12-20/h3-18H,1-2H3. The lowest BCUT2D eigenvalue weighted by molar-refractivity contribution is -0.348. The molecule has 0 unspecified atom stereocenters. The zero-order valence-electron chi connectivity index (χ0n) is 30.9. The van der Waals surface area contributed by atoms with Crippen LogP contribution in [0.5, 0.6) is 0 Å². The lowest BCUT2D eigenvalue weighted by atomic mass is 9.91. The number of nitrogens with zero attached hydrogens (tertiary/aromatic N) is 3. The lowest BCUT2D eigenvalue weighted by Gasteiger charge is -2.32. The van der Waals surface area contributed by atoms with E-state index in [1.165, 1.54) is 0 Å². The predicted octanol–water partition coefficient (Wildman–Crippen LogP) is 11.4. The number of imide groups is 1. The molecule has 0 aliphatic rings. The average molecular weight is 955 g/mol. The summed E-state index contributed by atoms with van der Waals surface area (Å²) in [6.07, 6.45) is -20.1. The number of rotatable bonds is 8. The average Bonchev–Trinajstić information content (AvgIpc) is 3.19. The van der Waals surface area contributed by atoms with Crippen molar-refractivity contribution in [2.24, 2.45) is 0 Å². The van der Waals surface area contributed by atoms with Crippen molar-refractivity contribution in [1.29, 1.82) is 0 Å². The minimum Gasteiger partial charge on any atom is -0.309 e. The Labute approximate surface area is 347 Å². The summed E-state index contributed by atoms with van der Waals surface area (Å²) in [4.78, 5) is 55.5.